The van der Waals surface area contributed by atoms with Gasteiger partial charge in [-0.3, -0.25) is 9.88 Å². The zero-order valence-corrected chi connectivity index (χ0v) is 21.7. The number of nitrogens with one attached hydrogen (secondary N) is 1. The van der Waals surface area contributed by atoms with E-state index in [-0.39, 0.29) is 18.6 Å². The fourth-order valence-electron chi connectivity index (χ4n) is 4.99. The number of amides is 2. The van der Waals surface area contributed by atoms with E-state index in [9.17, 15) is 23.1 Å². The smallest absolute Gasteiger partial charge is 0.416 e. The molecule has 0 unspecified atom stereocenters. The van der Waals surface area contributed by atoms with Crippen molar-refractivity contribution in [3.63, 3.8) is 0 Å². The first kappa shape index (κ1) is 26.7. The van der Waals surface area contributed by atoms with Gasteiger partial charge in [-0.2, -0.15) is 13.2 Å². The molecule has 11 heteroatoms. The number of pyridine rings is 2. The number of fused-ring (bicyclic) bond motifs is 4. The molecule has 4 heterocycles. The number of alkyl halides is 3. The Morgan fingerprint density at radius 2 is 2.08 bits per heavy atom. The number of ether oxygens (including phenoxy) is 1. The predicted octanol–water partition coefficient (Wildman–Crippen LogP) is 5.50. The minimum Gasteiger partial charge on any atom is -0.492 e. The minimum absolute atomic E-state index is 0.00834. The van der Waals surface area contributed by atoms with Crippen LogP contribution in [0.2, 0.25) is 0 Å². The summed E-state index contributed by atoms with van der Waals surface area (Å²) in [5.74, 6) is 0.818. The van der Waals surface area contributed by atoms with Gasteiger partial charge in [0.25, 0.3) is 0 Å². The van der Waals surface area contributed by atoms with Crippen LogP contribution in [-0.2, 0) is 6.18 Å². The second-order valence-corrected chi connectivity index (χ2v) is 10.1. The average Bonchev–Trinajstić information content (AvgIpc) is 2.92. The van der Waals surface area contributed by atoms with Gasteiger partial charge in [0, 0.05) is 37.2 Å². The largest absolute Gasteiger partial charge is 0.492 e. The van der Waals surface area contributed by atoms with Crippen molar-refractivity contribution in [2.45, 2.75) is 38.9 Å². The van der Waals surface area contributed by atoms with E-state index in [1.54, 1.807) is 17.0 Å². The quantitative estimate of drug-likeness (QED) is 0.429. The lowest BCUT2D eigenvalue weighted by Gasteiger charge is -2.46. The highest BCUT2D eigenvalue weighted by Crippen LogP contribution is 2.41. The Morgan fingerprint density at radius 1 is 1.26 bits per heavy atom. The zero-order chi connectivity index (χ0) is 27.7. The molecule has 2 aliphatic rings. The maximum Gasteiger partial charge on any atom is 0.416 e. The maximum absolute atomic E-state index is 13.7. The number of hydrogen-bond acceptors (Lipinski definition) is 6. The van der Waals surface area contributed by atoms with Crippen LogP contribution in [0.5, 0.6) is 5.75 Å². The van der Waals surface area contributed by atoms with Crippen molar-refractivity contribution in [1.82, 2.24) is 9.97 Å². The number of aromatic nitrogens is 2. The first-order valence-corrected chi connectivity index (χ1v) is 12.9. The number of urea groups is 1. The molecule has 3 aromatic rings. The molecular formula is C28H30F3N5O3. The van der Waals surface area contributed by atoms with Gasteiger partial charge < -0.3 is 20.1 Å². The Labute approximate surface area is 224 Å². The number of nitrogens with zero attached hydrogens (tertiary/aromatic N) is 4. The van der Waals surface area contributed by atoms with Gasteiger partial charge in [0.1, 0.15) is 5.75 Å². The standard InChI is InChI=1S/C28H30F3N5O3/c1-17(15-37)16-39-23-11-21(12-32-13-23)33-27(38)36-22-7-4-8-35(14-22)24-9-18(2)25(34-26(24)36)19-5-3-6-20(10-19)28(29,30)31/h3,5-6,9-13,17,22,37H,4,7-8,14-16H2,1-2H3,(H,33,38)/t17-,22-/m0/s1. The Morgan fingerprint density at radius 3 is 2.85 bits per heavy atom. The number of carbonyl (C=O) groups is 1. The van der Waals surface area contributed by atoms with Gasteiger partial charge in [0.2, 0.25) is 0 Å². The lowest BCUT2D eigenvalue weighted by molar-refractivity contribution is -0.137. The van der Waals surface area contributed by atoms with Crippen molar-refractivity contribution < 1.29 is 27.8 Å². The topological polar surface area (TPSA) is 90.8 Å². The normalized spacial score (nSPS) is 17.4. The number of benzene rings is 1. The first-order chi connectivity index (χ1) is 18.6. The highest BCUT2D eigenvalue weighted by Gasteiger charge is 2.39. The molecule has 0 saturated carbocycles. The van der Waals surface area contributed by atoms with Crippen LogP contribution < -0.4 is 19.9 Å². The number of aliphatic hydroxyl groups is 1. The number of carbonyl (C=O) groups excluding carboxylic acids is 1. The van der Waals surface area contributed by atoms with Crippen LogP contribution in [0.15, 0.2) is 48.8 Å². The SMILES string of the molecule is Cc1cc2c(nc1-c1cccc(C(F)(F)F)c1)N(C(=O)Nc1cncc(OC[C@@H](C)CO)c1)[C@H]1CCCN2C1. The molecule has 2 aliphatic heterocycles. The summed E-state index contributed by atoms with van der Waals surface area (Å²) in [5.41, 5.74) is 1.92. The molecule has 5 rings (SSSR count). The average molecular weight is 542 g/mol. The summed E-state index contributed by atoms with van der Waals surface area (Å²) < 4.78 is 45.9. The second-order valence-electron chi connectivity index (χ2n) is 10.1. The molecule has 0 radical (unpaired) electrons. The third-order valence-corrected chi connectivity index (χ3v) is 7.00. The number of piperidine rings is 1. The van der Waals surface area contributed by atoms with Crippen LogP contribution in [0.25, 0.3) is 11.3 Å². The highest BCUT2D eigenvalue weighted by atomic mass is 19.4. The monoisotopic (exact) mass is 541 g/mol. The lowest BCUT2D eigenvalue weighted by atomic mass is 9.97. The minimum atomic E-state index is -4.48. The third kappa shape index (κ3) is 5.63. The fraction of sp³-hybridized carbons (Fsp3) is 0.393. The summed E-state index contributed by atoms with van der Waals surface area (Å²) in [6, 6.07) is 8.09. The van der Waals surface area contributed by atoms with Gasteiger partial charge in [0.15, 0.2) is 5.82 Å². The Balaban J connectivity index is 1.48. The molecule has 2 atom stereocenters. The molecule has 8 nitrogen and oxygen atoms in total. The van der Waals surface area contributed by atoms with Crippen molar-refractivity contribution in [2.24, 2.45) is 5.92 Å². The fourth-order valence-corrected chi connectivity index (χ4v) is 4.99. The van der Waals surface area contributed by atoms with E-state index in [2.05, 4.69) is 15.2 Å². The van der Waals surface area contributed by atoms with Gasteiger partial charge >= 0.3 is 12.2 Å². The van der Waals surface area contributed by atoms with Crippen molar-refractivity contribution >= 4 is 23.2 Å². The zero-order valence-electron chi connectivity index (χ0n) is 21.7. The van der Waals surface area contributed by atoms with Crippen molar-refractivity contribution in [3.8, 4) is 17.0 Å². The number of anilines is 3. The molecule has 39 heavy (non-hydrogen) atoms. The molecule has 2 amide bonds. The molecule has 0 aliphatic carbocycles. The molecule has 2 aromatic heterocycles. The summed E-state index contributed by atoms with van der Waals surface area (Å²) in [4.78, 5) is 26.4. The molecule has 2 N–H and O–H groups in total. The predicted molar refractivity (Wildman–Crippen MR) is 142 cm³/mol. The molecular weight excluding hydrogens is 511 g/mol. The van der Waals surface area contributed by atoms with Crippen LogP contribution in [0, 0.1) is 12.8 Å². The van der Waals surface area contributed by atoms with Gasteiger partial charge in [-0.05, 0) is 43.5 Å². The van der Waals surface area contributed by atoms with Crippen molar-refractivity contribution in [3.05, 3.63) is 59.9 Å². The van der Waals surface area contributed by atoms with E-state index in [0.717, 1.165) is 42.8 Å². The number of aliphatic hydroxyl groups excluding tert-OH is 1. The van der Waals surface area contributed by atoms with Crippen LogP contribution >= 0.6 is 0 Å². The molecule has 2 bridgehead atoms. The van der Waals surface area contributed by atoms with Crippen LogP contribution in [0.4, 0.5) is 35.2 Å². The molecule has 1 aromatic carbocycles. The molecule has 1 saturated heterocycles. The highest BCUT2D eigenvalue weighted by molar-refractivity contribution is 6.04. The number of aryl methyl sites for hydroxylation is 1. The van der Waals surface area contributed by atoms with Crippen molar-refractivity contribution in [2.75, 3.05) is 41.4 Å². The van der Waals surface area contributed by atoms with E-state index in [1.807, 2.05) is 19.9 Å². The van der Waals surface area contributed by atoms with E-state index in [1.165, 1.54) is 18.5 Å². The van der Waals surface area contributed by atoms with Crippen molar-refractivity contribution in [1.29, 1.82) is 0 Å². The van der Waals surface area contributed by atoms with Gasteiger partial charge in [-0.15, -0.1) is 0 Å². The maximum atomic E-state index is 13.7. The summed E-state index contributed by atoms with van der Waals surface area (Å²) >= 11 is 0. The van der Waals surface area contributed by atoms with Crippen LogP contribution in [0.1, 0.15) is 30.9 Å². The molecule has 0 spiro atoms. The van der Waals surface area contributed by atoms with E-state index < -0.39 is 17.8 Å². The number of halogens is 3. The molecule has 1 fully saturated rings. The van der Waals surface area contributed by atoms with Crippen LogP contribution in [-0.4, -0.2) is 53.5 Å². The summed E-state index contributed by atoms with van der Waals surface area (Å²) in [7, 11) is 0. The summed E-state index contributed by atoms with van der Waals surface area (Å²) in [6.45, 7) is 5.42. The summed E-state index contributed by atoms with van der Waals surface area (Å²) in [5, 5.41) is 12.1. The second kappa shape index (κ2) is 10.7. The number of hydrogen-bond donors (Lipinski definition) is 2. The first-order valence-electron chi connectivity index (χ1n) is 12.9. The Hall–Kier alpha value is -3.86. The molecule has 206 valence electrons. The Kier molecular flexibility index (Phi) is 7.35. The van der Waals surface area contributed by atoms with Gasteiger partial charge in [0.05, 0.1) is 47.7 Å². The van der Waals surface area contributed by atoms with Crippen LogP contribution in [0.3, 0.4) is 0 Å². The number of rotatable bonds is 6. The van der Waals surface area contributed by atoms with Gasteiger partial charge in [-0.25, -0.2) is 9.78 Å². The third-order valence-electron chi connectivity index (χ3n) is 7.00. The van der Waals surface area contributed by atoms with E-state index in [4.69, 9.17) is 9.72 Å². The van der Waals surface area contributed by atoms with E-state index in [0.29, 0.717) is 41.7 Å². The van der Waals surface area contributed by atoms with Gasteiger partial charge in [-0.1, -0.05) is 19.1 Å². The summed E-state index contributed by atoms with van der Waals surface area (Å²) in [6.07, 6.45) is 0.235. The van der Waals surface area contributed by atoms with E-state index >= 15 is 0 Å². The lowest BCUT2D eigenvalue weighted by Crippen LogP contribution is -2.56. The Bertz CT molecular complexity index is 1370.